The number of hydrogen-bond donors (Lipinski definition) is 2. The van der Waals surface area contributed by atoms with Gasteiger partial charge in [-0.15, -0.1) is 0 Å². The summed E-state index contributed by atoms with van der Waals surface area (Å²) in [6, 6.07) is 1.28. The third-order valence-corrected chi connectivity index (χ3v) is 5.20. The molecule has 3 rings (SSSR count). The Kier molecular flexibility index (Phi) is 6.48. The topological polar surface area (TPSA) is 118 Å². The Morgan fingerprint density at radius 1 is 1.38 bits per heavy atom. The largest absolute Gasteiger partial charge is 0.427 e. The third-order valence-electron chi connectivity index (χ3n) is 5.20. The van der Waals surface area contributed by atoms with Gasteiger partial charge in [-0.2, -0.15) is 0 Å². The van der Waals surface area contributed by atoms with Gasteiger partial charge in [0.05, 0.1) is 23.9 Å². The lowest BCUT2D eigenvalue weighted by Gasteiger charge is -2.35. The number of aliphatic hydroxyl groups is 1. The van der Waals surface area contributed by atoms with Gasteiger partial charge in [-0.05, 0) is 32.3 Å². The summed E-state index contributed by atoms with van der Waals surface area (Å²) in [4.78, 5) is 42.5. The second-order valence-corrected chi connectivity index (χ2v) is 7.34. The monoisotopic (exact) mass is 402 g/mol. The van der Waals surface area contributed by atoms with E-state index in [4.69, 9.17) is 4.42 Å². The van der Waals surface area contributed by atoms with Crippen LogP contribution < -0.4 is 10.9 Å². The Balaban J connectivity index is 1.60. The van der Waals surface area contributed by atoms with Gasteiger partial charge in [0, 0.05) is 44.6 Å². The van der Waals surface area contributed by atoms with Crippen LogP contribution in [0.25, 0.3) is 0 Å². The van der Waals surface area contributed by atoms with Crippen molar-refractivity contribution in [1.29, 1.82) is 0 Å². The highest BCUT2D eigenvalue weighted by Crippen LogP contribution is 2.22. The van der Waals surface area contributed by atoms with Crippen LogP contribution in [0, 0.1) is 19.8 Å². The first kappa shape index (κ1) is 20.8. The molecule has 2 amide bonds. The maximum atomic E-state index is 13.0. The molecule has 2 aromatic rings. The van der Waals surface area contributed by atoms with E-state index in [-0.39, 0.29) is 24.1 Å². The lowest BCUT2D eigenvalue weighted by Crippen LogP contribution is -2.52. The molecular formula is C20H26N4O5. The number of rotatable bonds is 6. The molecular weight excluding hydrogens is 376 g/mol. The highest BCUT2D eigenvalue weighted by atomic mass is 16.4. The van der Waals surface area contributed by atoms with Gasteiger partial charge in [-0.1, -0.05) is 0 Å². The highest BCUT2D eigenvalue weighted by Gasteiger charge is 2.36. The number of likely N-dealkylation sites (tertiary alicyclic amines) is 1. The number of nitrogens with one attached hydrogen (secondary N) is 1. The van der Waals surface area contributed by atoms with E-state index in [9.17, 15) is 19.5 Å². The molecule has 0 spiro atoms. The van der Waals surface area contributed by atoms with Crippen LogP contribution in [0.3, 0.4) is 0 Å². The zero-order valence-corrected chi connectivity index (χ0v) is 16.6. The van der Waals surface area contributed by atoms with Crippen LogP contribution in [0.15, 0.2) is 34.0 Å². The van der Waals surface area contributed by atoms with Crippen molar-refractivity contribution in [3.63, 3.8) is 0 Å². The predicted octanol–water partition coefficient (Wildman–Crippen LogP) is 0.483. The predicted molar refractivity (Wildman–Crippen MR) is 104 cm³/mol. The van der Waals surface area contributed by atoms with Crippen molar-refractivity contribution < 1.29 is 19.1 Å². The number of hydrogen-bond acceptors (Lipinski definition) is 6. The number of aliphatic hydroxyl groups excluding tert-OH is 1. The van der Waals surface area contributed by atoms with Gasteiger partial charge in [0.25, 0.3) is 5.91 Å². The van der Waals surface area contributed by atoms with E-state index in [2.05, 4.69) is 10.3 Å². The zero-order valence-electron chi connectivity index (χ0n) is 16.6. The summed E-state index contributed by atoms with van der Waals surface area (Å²) < 4.78 is 6.98. The van der Waals surface area contributed by atoms with Crippen LogP contribution in [0.2, 0.25) is 0 Å². The molecule has 2 N–H and O–H groups in total. The van der Waals surface area contributed by atoms with Crippen LogP contribution in [0.4, 0.5) is 0 Å². The van der Waals surface area contributed by atoms with E-state index < -0.39 is 17.6 Å². The first-order valence-corrected chi connectivity index (χ1v) is 9.69. The number of nitrogens with zero attached hydrogens (tertiary/aromatic N) is 3. The quantitative estimate of drug-likeness (QED) is 0.679. The second-order valence-electron chi connectivity index (χ2n) is 7.34. The molecule has 9 heteroatoms. The van der Waals surface area contributed by atoms with Crippen molar-refractivity contribution in [3.8, 4) is 0 Å². The van der Waals surface area contributed by atoms with Crippen molar-refractivity contribution in [3.05, 3.63) is 52.1 Å². The number of imidazole rings is 1. The van der Waals surface area contributed by atoms with E-state index >= 15 is 0 Å². The SMILES string of the molecule is Cc1cc(=O)oc(C)c1C(=O)N1CC[C@@H](O)[C@@H](C(=O)NCCCn2ccnc2)C1. The fourth-order valence-electron chi connectivity index (χ4n) is 3.64. The summed E-state index contributed by atoms with van der Waals surface area (Å²) in [7, 11) is 0. The van der Waals surface area contributed by atoms with Gasteiger partial charge >= 0.3 is 5.63 Å². The first-order valence-electron chi connectivity index (χ1n) is 9.69. The molecule has 1 aliphatic heterocycles. The Hall–Kier alpha value is -2.94. The number of piperidine rings is 1. The average molecular weight is 402 g/mol. The number of carbonyl (C=O) groups excluding carboxylic acids is 2. The molecule has 0 radical (unpaired) electrons. The minimum Gasteiger partial charge on any atom is -0.427 e. The smallest absolute Gasteiger partial charge is 0.336 e. The molecule has 3 heterocycles. The normalized spacial score (nSPS) is 19.2. The summed E-state index contributed by atoms with van der Waals surface area (Å²) >= 11 is 0. The lowest BCUT2D eigenvalue weighted by molar-refractivity contribution is -0.130. The third kappa shape index (κ3) is 4.92. The van der Waals surface area contributed by atoms with Gasteiger partial charge in [0.15, 0.2) is 0 Å². The zero-order chi connectivity index (χ0) is 21.0. The van der Waals surface area contributed by atoms with Crippen LogP contribution in [0.1, 0.15) is 34.5 Å². The fourth-order valence-corrected chi connectivity index (χ4v) is 3.64. The number of carbonyl (C=O) groups is 2. The van der Waals surface area contributed by atoms with Gasteiger partial charge in [-0.3, -0.25) is 9.59 Å². The van der Waals surface area contributed by atoms with Crippen LogP contribution in [-0.4, -0.2) is 57.1 Å². The molecule has 0 aromatic carbocycles. The van der Waals surface area contributed by atoms with Gasteiger partial charge in [-0.25, -0.2) is 9.78 Å². The van der Waals surface area contributed by atoms with Gasteiger partial charge in [0.2, 0.25) is 5.91 Å². The van der Waals surface area contributed by atoms with Crippen LogP contribution in [-0.2, 0) is 11.3 Å². The molecule has 2 aromatic heterocycles. The molecule has 1 fully saturated rings. The van der Waals surface area contributed by atoms with Crippen molar-refractivity contribution in [1.82, 2.24) is 19.8 Å². The van der Waals surface area contributed by atoms with E-state index in [0.29, 0.717) is 30.6 Å². The molecule has 0 aliphatic carbocycles. The maximum absolute atomic E-state index is 13.0. The molecule has 0 unspecified atom stereocenters. The summed E-state index contributed by atoms with van der Waals surface area (Å²) in [6.45, 7) is 4.91. The molecule has 0 bridgehead atoms. The summed E-state index contributed by atoms with van der Waals surface area (Å²) in [5.74, 6) is -1.01. The average Bonchev–Trinajstić information content (AvgIpc) is 3.18. The minimum atomic E-state index is -0.802. The summed E-state index contributed by atoms with van der Waals surface area (Å²) in [5, 5.41) is 13.1. The molecule has 156 valence electrons. The van der Waals surface area contributed by atoms with E-state index in [1.54, 1.807) is 26.4 Å². The Morgan fingerprint density at radius 3 is 2.86 bits per heavy atom. The fraction of sp³-hybridized carbons (Fsp3) is 0.500. The molecule has 0 saturated carbocycles. The minimum absolute atomic E-state index is 0.116. The number of aromatic nitrogens is 2. The second kappa shape index (κ2) is 9.04. The molecule has 29 heavy (non-hydrogen) atoms. The Labute approximate surface area is 168 Å². The van der Waals surface area contributed by atoms with E-state index in [0.717, 1.165) is 13.0 Å². The van der Waals surface area contributed by atoms with Crippen molar-refractivity contribution in [2.24, 2.45) is 5.92 Å². The molecule has 1 aliphatic rings. The Morgan fingerprint density at radius 2 is 2.17 bits per heavy atom. The first-order chi connectivity index (χ1) is 13.9. The highest BCUT2D eigenvalue weighted by molar-refractivity contribution is 5.96. The van der Waals surface area contributed by atoms with Gasteiger partial charge in [0.1, 0.15) is 5.76 Å². The van der Waals surface area contributed by atoms with Crippen LogP contribution in [0.5, 0.6) is 0 Å². The van der Waals surface area contributed by atoms with Crippen LogP contribution >= 0.6 is 0 Å². The van der Waals surface area contributed by atoms with E-state index in [1.165, 1.54) is 11.0 Å². The molecule has 2 atom stereocenters. The lowest BCUT2D eigenvalue weighted by atomic mass is 9.93. The van der Waals surface area contributed by atoms with Crippen molar-refractivity contribution in [2.75, 3.05) is 19.6 Å². The summed E-state index contributed by atoms with van der Waals surface area (Å²) in [5.41, 5.74) is 0.370. The molecule has 9 nitrogen and oxygen atoms in total. The van der Waals surface area contributed by atoms with Gasteiger partial charge < -0.3 is 24.3 Å². The molecule has 1 saturated heterocycles. The number of aryl methyl sites for hydroxylation is 3. The van der Waals surface area contributed by atoms with E-state index in [1.807, 2.05) is 10.8 Å². The summed E-state index contributed by atoms with van der Waals surface area (Å²) in [6.07, 6.45) is 5.51. The van der Waals surface area contributed by atoms with Crippen molar-refractivity contribution >= 4 is 11.8 Å². The number of amides is 2. The maximum Gasteiger partial charge on any atom is 0.336 e. The Bertz CT molecular complexity index is 895. The standard InChI is InChI=1S/C20H26N4O5/c1-13-10-17(26)29-14(2)18(13)20(28)24-8-4-16(25)15(11-24)19(27)22-5-3-7-23-9-6-21-12-23/h6,9-10,12,15-16,25H,3-5,7-8,11H2,1-2H3,(H,22,27)/t15-,16+/m0/s1. The van der Waals surface area contributed by atoms with Crippen molar-refractivity contribution in [2.45, 2.75) is 39.3 Å².